The summed E-state index contributed by atoms with van der Waals surface area (Å²) >= 11 is 0. The highest BCUT2D eigenvalue weighted by Crippen LogP contribution is 2.34. The van der Waals surface area contributed by atoms with E-state index in [0.29, 0.717) is 22.8 Å². The van der Waals surface area contributed by atoms with Gasteiger partial charge in [0.25, 0.3) is 0 Å². The lowest BCUT2D eigenvalue weighted by Crippen LogP contribution is -1.86. The number of carbonyl (C=O) groups excluding carboxylic acids is 1. The van der Waals surface area contributed by atoms with Crippen LogP contribution in [0.2, 0.25) is 0 Å². The molecular weight excluding hydrogens is 206 g/mol. The number of aromatic hydroxyl groups is 1. The van der Waals surface area contributed by atoms with Gasteiger partial charge < -0.3 is 9.52 Å². The maximum absolute atomic E-state index is 10.6. The number of para-hydroxylation sites is 1. The lowest BCUT2D eigenvalue weighted by atomic mass is 10.2. The fourth-order valence-electron chi connectivity index (χ4n) is 1.77. The lowest BCUT2D eigenvalue weighted by Gasteiger charge is -1.95. The van der Waals surface area contributed by atoms with E-state index in [1.54, 1.807) is 6.07 Å². The van der Waals surface area contributed by atoms with Gasteiger partial charge in [0.15, 0.2) is 17.6 Å². The van der Waals surface area contributed by atoms with Gasteiger partial charge in [0.05, 0.1) is 5.39 Å². The van der Waals surface area contributed by atoms with Crippen molar-refractivity contribution in [3.63, 3.8) is 0 Å². The molecule has 0 aliphatic heterocycles. The van der Waals surface area contributed by atoms with E-state index in [1.165, 1.54) is 6.20 Å². The maximum Gasteiger partial charge on any atom is 0.188 e. The Bertz CT molecular complexity index is 700. The van der Waals surface area contributed by atoms with Crippen LogP contribution >= 0.6 is 0 Å². The molecule has 0 aliphatic carbocycles. The molecular formula is C12H7NO3. The van der Waals surface area contributed by atoms with Crippen molar-refractivity contribution in [3.05, 3.63) is 36.2 Å². The number of nitrogens with zero attached hydrogens (tertiary/aromatic N) is 1. The van der Waals surface area contributed by atoms with E-state index in [9.17, 15) is 9.90 Å². The van der Waals surface area contributed by atoms with Crippen LogP contribution in [0.4, 0.5) is 0 Å². The van der Waals surface area contributed by atoms with Crippen LogP contribution in [0.1, 0.15) is 10.5 Å². The Hall–Kier alpha value is -2.36. The molecule has 0 amide bonds. The molecule has 0 aliphatic rings. The molecule has 1 N–H and O–H groups in total. The van der Waals surface area contributed by atoms with Crippen molar-refractivity contribution in [3.8, 4) is 5.75 Å². The SMILES string of the molecule is O=Cc1ncc2c(oc3ccccc32)c1O. The van der Waals surface area contributed by atoms with Gasteiger partial charge in [-0.2, -0.15) is 0 Å². The second kappa shape index (κ2) is 3.06. The van der Waals surface area contributed by atoms with Gasteiger partial charge >= 0.3 is 0 Å². The summed E-state index contributed by atoms with van der Waals surface area (Å²) in [6, 6.07) is 7.40. The van der Waals surface area contributed by atoms with E-state index in [1.807, 2.05) is 18.2 Å². The largest absolute Gasteiger partial charge is 0.503 e. The van der Waals surface area contributed by atoms with Crippen LogP contribution in [0.3, 0.4) is 0 Å². The first-order valence-corrected chi connectivity index (χ1v) is 4.75. The van der Waals surface area contributed by atoms with E-state index >= 15 is 0 Å². The quantitative estimate of drug-likeness (QED) is 0.631. The van der Waals surface area contributed by atoms with Crippen LogP contribution in [-0.2, 0) is 0 Å². The van der Waals surface area contributed by atoms with Crippen molar-refractivity contribution < 1.29 is 14.3 Å². The summed E-state index contributed by atoms with van der Waals surface area (Å²) in [4.78, 5) is 14.5. The molecule has 4 nitrogen and oxygen atoms in total. The highest BCUT2D eigenvalue weighted by Gasteiger charge is 2.13. The van der Waals surface area contributed by atoms with Gasteiger partial charge in [0.1, 0.15) is 11.3 Å². The number of rotatable bonds is 1. The van der Waals surface area contributed by atoms with Crippen LogP contribution in [0.15, 0.2) is 34.9 Å². The first kappa shape index (κ1) is 8.91. The van der Waals surface area contributed by atoms with Crippen molar-refractivity contribution in [1.29, 1.82) is 0 Å². The summed E-state index contributed by atoms with van der Waals surface area (Å²) in [6.45, 7) is 0. The molecule has 3 rings (SSSR count). The summed E-state index contributed by atoms with van der Waals surface area (Å²) in [5, 5.41) is 11.3. The van der Waals surface area contributed by atoms with E-state index < -0.39 is 0 Å². The maximum atomic E-state index is 10.6. The van der Waals surface area contributed by atoms with Crippen LogP contribution < -0.4 is 0 Å². The molecule has 0 fully saturated rings. The molecule has 0 atom stereocenters. The fourth-order valence-corrected chi connectivity index (χ4v) is 1.77. The third-order valence-electron chi connectivity index (χ3n) is 2.54. The standard InChI is InChI=1S/C12H7NO3/c14-6-9-11(15)12-8(5-13-9)7-3-1-2-4-10(7)16-12/h1-6,15H. The first-order chi connectivity index (χ1) is 7.81. The molecule has 0 radical (unpaired) electrons. The van der Waals surface area contributed by atoms with Crippen LogP contribution in [-0.4, -0.2) is 16.4 Å². The Labute approximate surface area is 90.1 Å². The molecule has 78 valence electrons. The molecule has 0 saturated heterocycles. The van der Waals surface area contributed by atoms with E-state index in [-0.39, 0.29) is 11.4 Å². The summed E-state index contributed by atoms with van der Waals surface area (Å²) in [5.41, 5.74) is 0.961. The molecule has 0 saturated carbocycles. The summed E-state index contributed by atoms with van der Waals surface area (Å²) in [5.74, 6) is -0.205. The number of hydrogen-bond acceptors (Lipinski definition) is 4. The Morgan fingerprint density at radius 3 is 2.88 bits per heavy atom. The van der Waals surface area contributed by atoms with Gasteiger partial charge in [-0.1, -0.05) is 18.2 Å². The molecule has 0 bridgehead atoms. The van der Waals surface area contributed by atoms with Crippen molar-refractivity contribution >= 4 is 28.2 Å². The number of carbonyl (C=O) groups is 1. The number of hydrogen-bond donors (Lipinski definition) is 1. The number of furan rings is 1. The Kier molecular flexibility index (Phi) is 1.71. The minimum atomic E-state index is -0.205. The zero-order valence-electron chi connectivity index (χ0n) is 8.18. The molecule has 1 aromatic carbocycles. The molecule has 4 heteroatoms. The predicted octanol–water partition coefficient (Wildman–Crippen LogP) is 2.50. The minimum absolute atomic E-state index is 0.00782. The predicted molar refractivity (Wildman–Crippen MR) is 58.6 cm³/mol. The molecule has 0 spiro atoms. The van der Waals surface area contributed by atoms with E-state index in [4.69, 9.17) is 4.42 Å². The minimum Gasteiger partial charge on any atom is -0.503 e. The Morgan fingerprint density at radius 2 is 2.06 bits per heavy atom. The molecule has 2 aromatic heterocycles. The zero-order chi connectivity index (χ0) is 11.1. The average molecular weight is 213 g/mol. The van der Waals surface area contributed by atoms with Gasteiger partial charge in [0.2, 0.25) is 0 Å². The van der Waals surface area contributed by atoms with Gasteiger partial charge in [0, 0.05) is 11.6 Å². The highest BCUT2D eigenvalue weighted by atomic mass is 16.4. The van der Waals surface area contributed by atoms with E-state index in [2.05, 4.69) is 4.98 Å². The number of pyridine rings is 1. The molecule has 2 heterocycles. The van der Waals surface area contributed by atoms with Crippen molar-refractivity contribution in [2.75, 3.05) is 0 Å². The van der Waals surface area contributed by atoms with Gasteiger partial charge in [-0.15, -0.1) is 0 Å². The topological polar surface area (TPSA) is 63.3 Å². The molecule has 3 aromatic rings. The Morgan fingerprint density at radius 1 is 1.25 bits per heavy atom. The van der Waals surface area contributed by atoms with Gasteiger partial charge in [-0.3, -0.25) is 4.79 Å². The highest BCUT2D eigenvalue weighted by molar-refractivity contribution is 6.07. The zero-order valence-corrected chi connectivity index (χ0v) is 8.18. The molecule has 16 heavy (non-hydrogen) atoms. The van der Waals surface area contributed by atoms with Crippen molar-refractivity contribution in [2.24, 2.45) is 0 Å². The van der Waals surface area contributed by atoms with Crippen LogP contribution in [0.25, 0.3) is 21.9 Å². The normalized spacial score (nSPS) is 11.0. The molecule has 0 unspecified atom stereocenters. The second-order valence-electron chi connectivity index (χ2n) is 3.45. The third kappa shape index (κ3) is 1.04. The van der Waals surface area contributed by atoms with Gasteiger partial charge in [-0.05, 0) is 6.07 Å². The second-order valence-corrected chi connectivity index (χ2v) is 3.45. The van der Waals surface area contributed by atoms with Crippen molar-refractivity contribution in [2.45, 2.75) is 0 Å². The van der Waals surface area contributed by atoms with E-state index in [0.717, 1.165) is 5.39 Å². The summed E-state index contributed by atoms with van der Waals surface area (Å²) < 4.78 is 5.48. The number of aldehydes is 1. The summed E-state index contributed by atoms with van der Waals surface area (Å²) in [6.07, 6.45) is 2.03. The number of aromatic nitrogens is 1. The number of fused-ring (bicyclic) bond motifs is 3. The lowest BCUT2D eigenvalue weighted by molar-refractivity contribution is 0.111. The summed E-state index contributed by atoms with van der Waals surface area (Å²) in [7, 11) is 0. The van der Waals surface area contributed by atoms with Crippen LogP contribution in [0, 0.1) is 0 Å². The average Bonchev–Trinajstić information content (AvgIpc) is 2.69. The smallest absolute Gasteiger partial charge is 0.188 e. The van der Waals surface area contributed by atoms with Gasteiger partial charge in [-0.25, -0.2) is 4.98 Å². The van der Waals surface area contributed by atoms with Crippen molar-refractivity contribution in [1.82, 2.24) is 4.98 Å². The monoisotopic (exact) mass is 213 g/mol. The third-order valence-corrected chi connectivity index (χ3v) is 2.54. The Balaban J connectivity index is 2.54. The fraction of sp³-hybridized carbons (Fsp3) is 0. The van der Waals surface area contributed by atoms with Crippen LogP contribution in [0.5, 0.6) is 5.75 Å². The number of benzene rings is 1. The first-order valence-electron chi connectivity index (χ1n) is 4.75.